The van der Waals surface area contributed by atoms with Crippen LogP contribution in [0.2, 0.25) is 0 Å². The summed E-state index contributed by atoms with van der Waals surface area (Å²) in [5, 5.41) is 1.20. The van der Waals surface area contributed by atoms with Crippen LogP contribution in [0, 0.1) is 6.92 Å². The highest BCUT2D eigenvalue weighted by molar-refractivity contribution is 5.88. The second-order valence-electron chi connectivity index (χ2n) is 7.74. The summed E-state index contributed by atoms with van der Waals surface area (Å²) < 4.78 is 0. The number of fused-ring (bicyclic) bond motifs is 1. The highest BCUT2D eigenvalue weighted by Gasteiger charge is 2.07. The molecule has 1 heteroatoms. The molecule has 0 fully saturated rings. The fourth-order valence-electron chi connectivity index (χ4n) is 3.85. The average Bonchev–Trinajstić information content (AvgIpc) is 3.21. The molecule has 1 aromatic heterocycles. The van der Waals surface area contributed by atoms with Gasteiger partial charge in [-0.15, -0.1) is 0 Å². The van der Waals surface area contributed by atoms with Gasteiger partial charge < -0.3 is 4.98 Å². The van der Waals surface area contributed by atoms with Gasteiger partial charge >= 0.3 is 0 Å². The van der Waals surface area contributed by atoms with Gasteiger partial charge in [-0.3, -0.25) is 0 Å². The van der Waals surface area contributed by atoms with Crippen LogP contribution in [0.15, 0.2) is 110 Å². The van der Waals surface area contributed by atoms with Crippen molar-refractivity contribution in [3.8, 4) is 0 Å². The molecule has 0 bridgehead atoms. The number of hydrogen-bond donors (Lipinski definition) is 1. The average molecular weight is 390 g/mol. The fraction of sp³-hybridized carbons (Fsp3) is 0.103. The Bertz CT molecular complexity index is 1190. The lowest BCUT2D eigenvalue weighted by Gasteiger charge is -2.09. The third-order valence-corrected chi connectivity index (χ3v) is 5.63. The molecule has 4 rings (SSSR count). The van der Waals surface area contributed by atoms with Crippen LogP contribution in [0.25, 0.3) is 16.5 Å². The Kier molecular flexibility index (Phi) is 5.81. The molecule has 148 valence electrons. The van der Waals surface area contributed by atoms with Crippen LogP contribution < -0.4 is 0 Å². The number of H-pyrrole nitrogens is 1. The molecule has 0 atom stereocenters. The number of nitrogens with one attached hydrogen (secondary N) is 1. The van der Waals surface area contributed by atoms with Gasteiger partial charge in [-0.1, -0.05) is 92.0 Å². The standard InChI is InChI=1S/C29H27N/c1-4-25(22(3)29-20-27-12-8-9-13-28(27)30-29)16-14-24-15-17-26(21(2)18-24)19-23-10-6-5-7-11-23/h4-13,15-18,20,30H,1,3,14,19H2,2H3/b25-16+. The Hall–Kier alpha value is -3.58. The maximum Gasteiger partial charge on any atom is 0.0464 e. The van der Waals surface area contributed by atoms with Crippen molar-refractivity contribution in [1.82, 2.24) is 4.98 Å². The van der Waals surface area contributed by atoms with Crippen LogP contribution in [0.4, 0.5) is 0 Å². The summed E-state index contributed by atoms with van der Waals surface area (Å²) in [6.07, 6.45) is 5.93. The van der Waals surface area contributed by atoms with Crippen molar-refractivity contribution < 1.29 is 0 Å². The van der Waals surface area contributed by atoms with Crippen molar-refractivity contribution in [2.24, 2.45) is 0 Å². The molecule has 1 N–H and O–H groups in total. The first-order valence-corrected chi connectivity index (χ1v) is 10.4. The van der Waals surface area contributed by atoms with E-state index in [1.54, 1.807) is 0 Å². The minimum atomic E-state index is 0.854. The first-order chi connectivity index (χ1) is 14.6. The van der Waals surface area contributed by atoms with E-state index in [9.17, 15) is 0 Å². The van der Waals surface area contributed by atoms with Gasteiger partial charge in [0, 0.05) is 16.6 Å². The number of aromatic nitrogens is 1. The van der Waals surface area contributed by atoms with E-state index in [0.717, 1.165) is 35.2 Å². The van der Waals surface area contributed by atoms with E-state index in [1.165, 1.54) is 27.6 Å². The molecule has 0 aliphatic carbocycles. The zero-order chi connectivity index (χ0) is 20.9. The van der Waals surface area contributed by atoms with Crippen LogP contribution in [-0.4, -0.2) is 4.98 Å². The van der Waals surface area contributed by atoms with E-state index in [0.29, 0.717) is 0 Å². The molecular formula is C29H27N. The van der Waals surface area contributed by atoms with Crippen LogP contribution in [-0.2, 0) is 12.8 Å². The molecule has 1 nitrogen and oxygen atoms in total. The number of rotatable bonds is 7. The maximum absolute atomic E-state index is 4.31. The third kappa shape index (κ3) is 4.36. The van der Waals surface area contributed by atoms with E-state index in [1.807, 2.05) is 12.1 Å². The van der Waals surface area contributed by atoms with Gasteiger partial charge in [0.25, 0.3) is 0 Å². The molecule has 1 heterocycles. The number of aryl methyl sites for hydroxylation is 1. The van der Waals surface area contributed by atoms with E-state index < -0.39 is 0 Å². The first-order valence-electron chi connectivity index (χ1n) is 10.4. The lowest BCUT2D eigenvalue weighted by molar-refractivity contribution is 1.13. The first kappa shape index (κ1) is 19.7. The molecular weight excluding hydrogens is 362 g/mol. The lowest BCUT2D eigenvalue weighted by atomic mass is 9.96. The highest BCUT2D eigenvalue weighted by Crippen LogP contribution is 2.26. The highest BCUT2D eigenvalue weighted by atomic mass is 14.7. The maximum atomic E-state index is 4.31. The van der Waals surface area contributed by atoms with E-state index >= 15 is 0 Å². The molecule has 30 heavy (non-hydrogen) atoms. The molecule has 0 radical (unpaired) electrons. The molecule has 0 unspecified atom stereocenters. The number of hydrogen-bond acceptors (Lipinski definition) is 0. The van der Waals surface area contributed by atoms with Gasteiger partial charge in [-0.2, -0.15) is 0 Å². The van der Waals surface area contributed by atoms with Gasteiger partial charge in [-0.05, 0) is 65.3 Å². The second kappa shape index (κ2) is 8.84. The third-order valence-electron chi connectivity index (χ3n) is 5.63. The molecule has 0 aliphatic heterocycles. The summed E-state index contributed by atoms with van der Waals surface area (Å²) >= 11 is 0. The van der Waals surface area contributed by atoms with Crippen LogP contribution in [0.1, 0.15) is 27.9 Å². The molecule has 3 aromatic carbocycles. The van der Waals surface area contributed by atoms with E-state index in [4.69, 9.17) is 0 Å². The number of aromatic amines is 1. The zero-order valence-electron chi connectivity index (χ0n) is 17.5. The molecule has 0 aliphatic rings. The number of para-hydroxylation sites is 1. The van der Waals surface area contributed by atoms with Crippen molar-refractivity contribution in [3.05, 3.63) is 138 Å². The lowest BCUT2D eigenvalue weighted by Crippen LogP contribution is -1.94. The normalized spacial score (nSPS) is 11.6. The molecule has 4 aromatic rings. The van der Waals surface area contributed by atoms with Crippen molar-refractivity contribution >= 4 is 16.5 Å². The largest absolute Gasteiger partial charge is 0.355 e. The number of benzene rings is 3. The Morgan fingerprint density at radius 2 is 1.67 bits per heavy atom. The van der Waals surface area contributed by atoms with Crippen LogP contribution in [0.5, 0.6) is 0 Å². The Morgan fingerprint density at radius 1 is 0.900 bits per heavy atom. The van der Waals surface area contributed by atoms with Crippen LogP contribution >= 0.6 is 0 Å². The summed E-state index contributed by atoms with van der Waals surface area (Å²) in [6.45, 7) is 10.5. The Labute approximate surface area is 179 Å². The van der Waals surface area contributed by atoms with Gasteiger partial charge in [0.15, 0.2) is 0 Å². The summed E-state index contributed by atoms with van der Waals surface area (Å²) in [4.78, 5) is 3.46. The smallest absolute Gasteiger partial charge is 0.0464 e. The summed E-state index contributed by atoms with van der Waals surface area (Å²) in [6, 6.07) is 27.8. The minimum absolute atomic E-state index is 0.854. The second-order valence-corrected chi connectivity index (χ2v) is 7.74. The summed E-state index contributed by atoms with van der Waals surface area (Å²) in [5.41, 5.74) is 9.55. The van der Waals surface area contributed by atoms with Gasteiger partial charge in [0.2, 0.25) is 0 Å². The van der Waals surface area contributed by atoms with Crippen LogP contribution in [0.3, 0.4) is 0 Å². The quantitative estimate of drug-likeness (QED) is 0.316. The van der Waals surface area contributed by atoms with E-state index in [2.05, 4.69) is 104 Å². The Morgan fingerprint density at radius 3 is 2.40 bits per heavy atom. The van der Waals surface area contributed by atoms with Gasteiger partial charge in [0.1, 0.15) is 0 Å². The zero-order valence-corrected chi connectivity index (χ0v) is 17.5. The fourth-order valence-corrected chi connectivity index (χ4v) is 3.85. The number of allylic oxidation sites excluding steroid dienone is 4. The SMILES string of the molecule is C=C/C(=C\Cc1ccc(Cc2ccccc2)c(C)c1)C(=C)c1cc2ccccc2[nH]1. The van der Waals surface area contributed by atoms with Crippen molar-refractivity contribution in [3.63, 3.8) is 0 Å². The van der Waals surface area contributed by atoms with Gasteiger partial charge in [-0.25, -0.2) is 0 Å². The molecule has 0 spiro atoms. The van der Waals surface area contributed by atoms with E-state index in [-0.39, 0.29) is 0 Å². The molecule has 0 saturated carbocycles. The summed E-state index contributed by atoms with van der Waals surface area (Å²) in [5.74, 6) is 0. The monoisotopic (exact) mass is 389 g/mol. The molecule has 0 amide bonds. The predicted molar refractivity (Wildman–Crippen MR) is 130 cm³/mol. The summed E-state index contributed by atoms with van der Waals surface area (Å²) in [7, 11) is 0. The van der Waals surface area contributed by atoms with Crippen molar-refractivity contribution in [2.45, 2.75) is 19.8 Å². The topological polar surface area (TPSA) is 15.8 Å². The predicted octanol–water partition coefficient (Wildman–Crippen LogP) is 7.44. The van der Waals surface area contributed by atoms with Gasteiger partial charge in [0.05, 0.1) is 0 Å². The molecule has 0 saturated heterocycles. The Balaban J connectivity index is 1.50. The minimum Gasteiger partial charge on any atom is -0.355 e. The van der Waals surface area contributed by atoms with Crippen molar-refractivity contribution in [1.29, 1.82) is 0 Å². The van der Waals surface area contributed by atoms with Crippen molar-refractivity contribution in [2.75, 3.05) is 0 Å².